The predicted octanol–water partition coefficient (Wildman–Crippen LogP) is 2.17. The molecule has 1 aliphatic rings. The van der Waals surface area contributed by atoms with Gasteiger partial charge >= 0.3 is 5.97 Å². The Morgan fingerprint density at radius 2 is 2.00 bits per heavy atom. The summed E-state index contributed by atoms with van der Waals surface area (Å²) < 4.78 is 10.2. The molecule has 8 heteroatoms. The van der Waals surface area contributed by atoms with Gasteiger partial charge in [0.05, 0.1) is 18.0 Å². The van der Waals surface area contributed by atoms with E-state index in [0.717, 1.165) is 0 Å². The first-order chi connectivity index (χ1) is 11.9. The molecule has 1 atom stereocenters. The minimum absolute atomic E-state index is 0.0324. The molecule has 0 spiro atoms. The van der Waals surface area contributed by atoms with Crippen LogP contribution in [0.4, 0.5) is 5.69 Å². The normalized spacial score (nSPS) is 16.0. The Bertz CT molecular complexity index is 906. The van der Waals surface area contributed by atoms with E-state index in [1.807, 2.05) is 0 Å². The molecule has 25 heavy (non-hydrogen) atoms. The highest BCUT2D eigenvalue weighted by atomic mass is 16.6. The van der Waals surface area contributed by atoms with Gasteiger partial charge in [0.25, 0.3) is 5.69 Å². The number of nitro benzene ring substituents is 1. The number of hydrogen-bond donors (Lipinski definition) is 2. The van der Waals surface area contributed by atoms with Gasteiger partial charge in [-0.3, -0.25) is 10.1 Å². The Morgan fingerprint density at radius 3 is 2.68 bits per heavy atom. The van der Waals surface area contributed by atoms with E-state index in [1.165, 1.54) is 37.4 Å². The van der Waals surface area contributed by atoms with Crippen molar-refractivity contribution in [2.24, 2.45) is 5.73 Å². The van der Waals surface area contributed by atoms with Crippen LogP contribution in [-0.4, -0.2) is 23.1 Å². The third-order valence-corrected chi connectivity index (χ3v) is 3.93. The smallest absolute Gasteiger partial charge is 0.340 e. The van der Waals surface area contributed by atoms with E-state index >= 15 is 0 Å². The lowest BCUT2D eigenvalue weighted by molar-refractivity contribution is -0.385. The summed E-state index contributed by atoms with van der Waals surface area (Å²) in [5.74, 6) is -1.69. The highest BCUT2D eigenvalue weighted by molar-refractivity contribution is 5.93. The van der Waals surface area contributed by atoms with Crippen molar-refractivity contribution in [1.29, 1.82) is 0 Å². The van der Waals surface area contributed by atoms with Crippen molar-refractivity contribution in [3.8, 4) is 11.5 Å². The Hall–Kier alpha value is -3.55. The standard InChI is InChI=1S/C17H14N2O6/c1-24-17(21)15-14(10-4-2-3-5-12(10)19(22)23)11-7-6-9(20)8-13(11)25-16(15)18/h2-8,14,20H,18H2,1H3. The lowest BCUT2D eigenvalue weighted by Crippen LogP contribution is -2.27. The van der Waals surface area contributed by atoms with E-state index in [4.69, 9.17) is 15.2 Å². The summed E-state index contributed by atoms with van der Waals surface area (Å²) >= 11 is 0. The van der Waals surface area contributed by atoms with E-state index in [-0.39, 0.29) is 34.2 Å². The predicted molar refractivity (Wildman–Crippen MR) is 86.9 cm³/mol. The molecule has 128 valence electrons. The summed E-state index contributed by atoms with van der Waals surface area (Å²) in [5.41, 5.74) is 6.41. The van der Waals surface area contributed by atoms with Crippen LogP contribution in [0.3, 0.4) is 0 Å². The van der Waals surface area contributed by atoms with Crippen molar-refractivity contribution in [2.45, 2.75) is 5.92 Å². The van der Waals surface area contributed by atoms with E-state index < -0.39 is 16.8 Å². The van der Waals surface area contributed by atoms with Gasteiger partial charge < -0.3 is 20.3 Å². The number of benzene rings is 2. The second-order valence-electron chi connectivity index (χ2n) is 5.34. The molecule has 3 N–H and O–H groups in total. The first kappa shape index (κ1) is 16.3. The molecular weight excluding hydrogens is 328 g/mol. The number of methoxy groups -OCH3 is 1. The second-order valence-corrected chi connectivity index (χ2v) is 5.34. The molecule has 1 unspecified atom stereocenters. The van der Waals surface area contributed by atoms with Gasteiger partial charge in [-0.25, -0.2) is 4.79 Å². The van der Waals surface area contributed by atoms with Crippen LogP contribution in [-0.2, 0) is 9.53 Å². The van der Waals surface area contributed by atoms with Gasteiger partial charge in [-0.1, -0.05) is 24.3 Å². The zero-order valence-electron chi connectivity index (χ0n) is 13.1. The number of hydrogen-bond acceptors (Lipinski definition) is 7. The van der Waals surface area contributed by atoms with Crippen LogP contribution in [0.25, 0.3) is 0 Å². The Balaban J connectivity index is 2.30. The summed E-state index contributed by atoms with van der Waals surface area (Å²) in [6.07, 6.45) is 0. The zero-order valence-corrected chi connectivity index (χ0v) is 13.1. The maximum absolute atomic E-state index is 12.3. The highest BCUT2D eigenvalue weighted by Crippen LogP contribution is 2.46. The van der Waals surface area contributed by atoms with Gasteiger partial charge in [-0.15, -0.1) is 0 Å². The SMILES string of the molecule is COC(=O)C1=C(N)Oc2cc(O)ccc2C1c1ccccc1[N+](=O)[O-]. The summed E-state index contributed by atoms with van der Waals surface area (Å²) in [4.78, 5) is 23.2. The number of phenolic OH excluding ortho intramolecular Hbond substituents is 1. The van der Waals surface area contributed by atoms with Crippen LogP contribution in [0.2, 0.25) is 0 Å². The molecule has 8 nitrogen and oxygen atoms in total. The maximum Gasteiger partial charge on any atom is 0.340 e. The summed E-state index contributed by atoms with van der Waals surface area (Å²) in [7, 11) is 1.19. The number of nitrogens with zero attached hydrogens (tertiary/aromatic N) is 1. The quantitative estimate of drug-likeness (QED) is 0.497. The minimum Gasteiger partial charge on any atom is -0.508 e. The van der Waals surface area contributed by atoms with E-state index in [1.54, 1.807) is 12.1 Å². The number of phenols is 1. The number of ether oxygens (including phenoxy) is 2. The van der Waals surface area contributed by atoms with Gasteiger partial charge in [0.15, 0.2) is 0 Å². The van der Waals surface area contributed by atoms with Crippen molar-refractivity contribution in [3.63, 3.8) is 0 Å². The number of esters is 1. The van der Waals surface area contributed by atoms with Crippen LogP contribution in [0.15, 0.2) is 53.9 Å². The van der Waals surface area contributed by atoms with E-state index in [9.17, 15) is 20.0 Å². The van der Waals surface area contributed by atoms with Crippen LogP contribution >= 0.6 is 0 Å². The zero-order chi connectivity index (χ0) is 18.1. The summed E-state index contributed by atoms with van der Waals surface area (Å²) in [6, 6.07) is 10.3. The van der Waals surface area contributed by atoms with Crippen LogP contribution < -0.4 is 10.5 Å². The number of nitro groups is 1. The topological polar surface area (TPSA) is 125 Å². The monoisotopic (exact) mass is 342 g/mol. The number of carbonyl (C=O) groups excluding carboxylic acids is 1. The molecule has 0 radical (unpaired) electrons. The average Bonchev–Trinajstić information content (AvgIpc) is 2.59. The van der Waals surface area contributed by atoms with E-state index in [2.05, 4.69) is 0 Å². The first-order valence-electron chi connectivity index (χ1n) is 7.26. The molecule has 1 heterocycles. The molecule has 2 aromatic rings. The van der Waals surface area contributed by atoms with E-state index in [0.29, 0.717) is 5.56 Å². The van der Waals surface area contributed by atoms with Gasteiger partial charge in [-0.2, -0.15) is 0 Å². The number of para-hydroxylation sites is 1. The Morgan fingerprint density at radius 1 is 1.28 bits per heavy atom. The molecule has 0 saturated heterocycles. The molecule has 0 bridgehead atoms. The molecular formula is C17H14N2O6. The molecule has 1 aliphatic heterocycles. The van der Waals surface area contributed by atoms with Crippen LogP contribution in [0.1, 0.15) is 17.0 Å². The Kier molecular flexibility index (Phi) is 4.02. The molecule has 0 fully saturated rings. The number of nitrogens with two attached hydrogens (primary N) is 1. The van der Waals surface area contributed by atoms with Crippen molar-refractivity contribution >= 4 is 11.7 Å². The fraction of sp³-hybridized carbons (Fsp3) is 0.118. The molecule has 0 aliphatic carbocycles. The summed E-state index contributed by atoms with van der Waals surface area (Å²) in [6.45, 7) is 0. The van der Waals surface area contributed by atoms with Gasteiger partial charge in [0, 0.05) is 23.3 Å². The largest absolute Gasteiger partial charge is 0.508 e. The minimum atomic E-state index is -0.863. The van der Waals surface area contributed by atoms with Gasteiger partial charge in [-0.05, 0) is 6.07 Å². The third kappa shape index (κ3) is 2.74. The lowest BCUT2D eigenvalue weighted by atomic mass is 9.82. The molecule has 0 saturated carbocycles. The first-order valence-corrected chi connectivity index (χ1v) is 7.26. The molecule has 2 aromatic carbocycles. The lowest BCUT2D eigenvalue weighted by Gasteiger charge is -2.28. The third-order valence-electron chi connectivity index (χ3n) is 3.93. The number of fused-ring (bicyclic) bond motifs is 1. The van der Waals surface area contributed by atoms with Crippen molar-refractivity contribution in [1.82, 2.24) is 0 Å². The maximum atomic E-state index is 12.3. The fourth-order valence-corrected chi connectivity index (χ4v) is 2.87. The molecule has 0 aromatic heterocycles. The molecule has 3 rings (SSSR count). The van der Waals surface area contributed by atoms with Crippen LogP contribution in [0.5, 0.6) is 11.5 Å². The van der Waals surface area contributed by atoms with Gasteiger partial charge in [0.1, 0.15) is 17.1 Å². The molecule has 0 amide bonds. The number of rotatable bonds is 3. The Labute approximate surface area is 142 Å². The summed E-state index contributed by atoms with van der Waals surface area (Å²) in [5, 5.41) is 21.1. The second kappa shape index (κ2) is 6.16. The highest BCUT2D eigenvalue weighted by Gasteiger charge is 2.38. The number of carbonyl (C=O) groups is 1. The fourth-order valence-electron chi connectivity index (χ4n) is 2.87. The van der Waals surface area contributed by atoms with Gasteiger partial charge in [0.2, 0.25) is 5.88 Å². The van der Waals surface area contributed by atoms with Crippen molar-refractivity contribution in [2.75, 3.05) is 7.11 Å². The van der Waals surface area contributed by atoms with Crippen LogP contribution in [0, 0.1) is 10.1 Å². The van der Waals surface area contributed by atoms with Crippen molar-refractivity contribution in [3.05, 3.63) is 75.2 Å². The average molecular weight is 342 g/mol. The number of aromatic hydroxyl groups is 1. The van der Waals surface area contributed by atoms with Crippen molar-refractivity contribution < 1.29 is 24.3 Å².